The maximum atomic E-state index is 14.4. The lowest BCUT2D eigenvalue weighted by molar-refractivity contribution is -0.129. The van der Waals surface area contributed by atoms with Crippen molar-refractivity contribution in [3.8, 4) is 11.3 Å². The van der Waals surface area contributed by atoms with Crippen LogP contribution in [0.1, 0.15) is 79.5 Å². The zero-order valence-electron chi connectivity index (χ0n) is 27.1. The van der Waals surface area contributed by atoms with E-state index in [9.17, 15) is 9.59 Å². The minimum atomic E-state index is -0.137. The Morgan fingerprint density at radius 1 is 0.894 bits per heavy atom. The number of likely N-dealkylation sites (tertiary alicyclic amines) is 1. The number of benzene rings is 2. The van der Waals surface area contributed by atoms with Crippen LogP contribution in [-0.4, -0.2) is 71.6 Å². The lowest BCUT2D eigenvalue weighted by atomic mass is 9.81. The molecule has 0 spiro atoms. The van der Waals surface area contributed by atoms with Gasteiger partial charge in [-0.3, -0.25) is 14.5 Å². The van der Waals surface area contributed by atoms with E-state index in [1.165, 1.54) is 41.5 Å². The summed E-state index contributed by atoms with van der Waals surface area (Å²) in [4.78, 5) is 32.4. The molecule has 1 N–H and O–H groups in total. The van der Waals surface area contributed by atoms with Gasteiger partial charge in [-0.15, -0.1) is 0 Å². The number of carbonyl (C=O) groups excluding carboxylic acids is 2. The van der Waals surface area contributed by atoms with Gasteiger partial charge in [-0.25, -0.2) is 0 Å². The van der Waals surface area contributed by atoms with Gasteiger partial charge in [0.1, 0.15) is 5.76 Å². The average molecular weight is 635 g/mol. The van der Waals surface area contributed by atoms with Gasteiger partial charge in [0.2, 0.25) is 0 Å². The molecule has 2 aromatic heterocycles. The molecule has 3 aliphatic heterocycles. The minimum absolute atomic E-state index is 0. The number of furan rings is 1. The van der Waals surface area contributed by atoms with Crippen LogP contribution in [0, 0.1) is 0 Å². The summed E-state index contributed by atoms with van der Waals surface area (Å²) in [7, 11) is 0. The van der Waals surface area contributed by atoms with Crippen molar-refractivity contribution >= 4 is 28.8 Å². The van der Waals surface area contributed by atoms with Crippen molar-refractivity contribution in [3.63, 3.8) is 0 Å². The van der Waals surface area contributed by atoms with Crippen molar-refractivity contribution in [2.45, 2.75) is 70.0 Å². The molecule has 4 aromatic rings. The van der Waals surface area contributed by atoms with Crippen LogP contribution in [0.4, 0.5) is 0 Å². The van der Waals surface area contributed by atoms with E-state index in [-0.39, 0.29) is 13.2 Å². The molecule has 3 fully saturated rings. The first-order valence-electron chi connectivity index (χ1n) is 17.5. The van der Waals surface area contributed by atoms with Crippen LogP contribution in [0.15, 0.2) is 70.9 Å². The third-order valence-corrected chi connectivity index (χ3v) is 10.8. The Bertz CT molecular complexity index is 1790. The molecule has 8 nitrogen and oxygen atoms in total. The van der Waals surface area contributed by atoms with Gasteiger partial charge >= 0.3 is 0 Å². The molecule has 0 bridgehead atoms. The number of fused-ring (bicyclic) bond motifs is 5. The maximum absolute atomic E-state index is 14.4. The first kappa shape index (κ1) is 30.2. The van der Waals surface area contributed by atoms with Crippen molar-refractivity contribution in [3.05, 3.63) is 88.9 Å². The fourth-order valence-electron chi connectivity index (χ4n) is 8.41. The van der Waals surface area contributed by atoms with Crippen molar-refractivity contribution in [1.82, 2.24) is 19.7 Å². The highest BCUT2D eigenvalue weighted by atomic mass is 16.5. The third-order valence-electron chi connectivity index (χ3n) is 10.8. The van der Waals surface area contributed by atoms with E-state index in [1.54, 1.807) is 6.26 Å². The van der Waals surface area contributed by atoms with E-state index in [4.69, 9.17) is 9.15 Å². The molecule has 2 saturated heterocycles. The van der Waals surface area contributed by atoms with Crippen molar-refractivity contribution in [1.29, 1.82) is 0 Å². The van der Waals surface area contributed by atoms with Crippen LogP contribution in [0.3, 0.4) is 0 Å². The quantitative estimate of drug-likeness (QED) is 0.251. The number of nitrogens with one attached hydrogen (secondary N) is 1. The highest BCUT2D eigenvalue weighted by Gasteiger charge is 2.33. The van der Waals surface area contributed by atoms with E-state index < -0.39 is 0 Å². The normalized spacial score (nSPS) is 19.6. The molecule has 4 aliphatic rings. The van der Waals surface area contributed by atoms with E-state index in [0.717, 1.165) is 87.5 Å². The van der Waals surface area contributed by atoms with Gasteiger partial charge in [-0.1, -0.05) is 49.6 Å². The maximum Gasteiger partial charge on any atom is 0.251 e. The highest BCUT2D eigenvalue weighted by Crippen LogP contribution is 2.46. The van der Waals surface area contributed by atoms with Crippen LogP contribution < -0.4 is 5.32 Å². The molecular formula is C39H46N4O4. The number of aromatic nitrogens is 1. The summed E-state index contributed by atoms with van der Waals surface area (Å²) >= 11 is 0. The van der Waals surface area contributed by atoms with E-state index in [1.807, 2.05) is 24.3 Å². The number of hydrogen-bond acceptors (Lipinski definition) is 5. The SMILES string of the molecule is O=C(NCc1ccco1)c1ccc2c(C3CCCCC3)c3n(c2c1)CC(C(=O)N1CCC(N2CCOCC2)CC1)=Cc1ccccc1-3.[HH]. The van der Waals surface area contributed by atoms with Crippen LogP contribution in [0.25, 0.3) is 28.2 Å². The zero-order chi connectivity index (χ0) is 31.7. The molecular weight excluding hydrogens is 588 g/mol. The van der Waals surface area contributed by atoms with Gasteiger partial charge in [-0.05, 0) is 73.1 Å². The van der Waals surface area contributed by atoms with Gasteiger partial charge in [-0.2, -0.15) is 0 Å². The number of piperidine rings is 1. The van der Waals surface area contributed by atoms with Gasteiger partial charge in [0.25, 0.3) is 11.8 Å². The summed E-state index contributed by atoms with van der Waals surface area (Å²) in [5, 5.41) is 4.22. The first-order chi connectivity index (χ1) is 23.1. The van der Waals surface area contributed by atoms with Gasteiger partial charge in [0.05, 0.1) is 38.3 Å². The predicted molar refractivity (Wildman–Crippen MR) is 185 cm³/mol. The molecule has 8 rings (SSSR count). The summed E-state index contributed by atoms with van der Waals surface area (Å²) in [6, 6.07) is 18.9. The number of rotatable bonds is 6. The standard InChI is InChI=1S/C39H44N4O4.H2/c44-38(40-25-32-10-6-20-47-32)29-12-13-34-35(24-29)43-26-30(39(45)42-16-14-31(15-17-42)41-18-21-46-22-19-41)23-28-9-4-5-11-33(28)37(43)36(34)27-7-2-1-3-8-27;/h4-6,9-13,20,23-24,27,31H,1-3,7-8,14-19,21-22,25-26H2,(H,40,44);1H. The number of amides is 2. The van der Waals surface area contributed by atoms with Crippen molar-refractivity contribution in [2.75, 3.05) is 39.4 Å². The van der Waals surface area contributed by atoms with Gasteiger partial charge in [0.15, 0.2) is 0 Å². The van der Waals surface area contributed by atoms with E-state index >= 15 is 0 Å². The number of carbonyl (C=O) groups is 2. The number of morpholine rings is 1. The van der Waals surface area contributed by atoms with Gasteiger partial charge in [0, 0.05) is 61.3 Å². The van der Waals surface area contributed by atoms with Gasteiger partial charge < -0.3 is 23.9 Å². The predicted octanol–water partition coefficient (Wildman–Crippen LogP) is 6.85. The zero-order valence-corrected chi connectivity index (χ0v) is 27.1. The van der Waals surface area contributed by atoms with Crippen LogP contribution >= 0.6 is 0 Å². The Labute approximate surface area is 277 Å². The Hall–Kier alpha value is -4.14. The molecule has 1 saturated carbocycles. The highest BCUT2D eigenvalue weighted by molar-refractivity contribution is 6.04. The summed E-state index contributed by atoms with van der Waals surface area (Å²) in [5.74, 6) is 1.16. The minimum Gasteiger partial charge on any atom is -0.467 e. The summed E-state index contributed by atoms with van der Waals surface area (Å²) < 4.78 is 13.4. The van der Waals surface area contributed by atoms with Crippen LogP contribution in [-0.2, 0) is 22.6 Å². The first-order valence-corrected chi connectivity index (χ1v) is 17.5. The van der Waals surface area contributed by atoms with Crippen molar-refractivity contribution in [2.24, 2.45) is 0 Å². The smallest absolute Gasteiger partial charge is 0.251 e. The number of nitrogens with zero attached hydrogens (tertiary/aromatic N) is 3. The molecule has 2 amide bonds. The lowest BCUT2D eigenvalue weighted by Crippen LogP contribution is -2.50. The molecule has 8 heteroatoms. The average Bonchev–Trinajstić information content (AvgIpc) is 3.73. The van der Waals surface area contributed by atoms with E-state index in [2.05, 4.69) is 56.1 Å². The third kappa shape index (κ3) is 5.93. The lowest BCUT2D eigenvalue weighted by Gasteiger charge is -2.40. The molecule has 47 heavy (non-hydrogen) atoms. The Balaban J connectivity index is 0.00000364. The Kier molecular flexibility index (Phi) is 8.46. The fourth-order valence-corrected chi connectivity index (χ4v) is 8.41. The summed E-state index contributed by atoms with van der Waals surface area (Å²) in [6.07, 6.45) is 11.8. The fraction of sp³-hybridized carbons (Fsp3) is 0.436. The number of ether oxygens (including phenoxy) is 1. The second-order valence-corrected chi connectivity index (χ2v) is 13.6. The topological polar surface area (TPSA) is 80.0 Å². The molecule has 2 aromatic carbocycles. The number of hydrogen-bond donors (Lipinski definition) is 1. The Morgan fingerprint density at radius 3 is 2.49 bits per heavy atom. The molecule has 0 atom stereocenters. The molecule has 5 heterocycles. The largest absolute Gasteiger partial charge is 0.467 e. The summed E-state index contributed by atoms with van der Waals surface area (Å²) in [6.45, 7) is 5.92. The Morgan fingerprint density at radius 2 is 1.70 bits per heavy atom. The molecule has 0 unspecified atom stereocenters. The molecule has 246 valence electrons. The van der Waals surface area contributed by atoms with Crippen molar-refractivity contribution < 1.29 is 20.2 Å². The summed E-state index contributed by atoms with van der Waals surface area (Å²) in [5.41, 5.74) is 7.28. The monoisotopic (exact) mass is 634 g/mol. The van der Waals surface area contributed by atoms with Crippen LogP contribution in [0.5, 0.6) is 0 Å². The van der Waals surface area contributed by atoms with E-state index in [0.29, 0.717) is 30.6 Å². The second kappa shape index (κ2) is 13.2. The molecule has 1 aliphatic carbocycles. The van der Waals surface area contributed by atoms with Crippen LogP contribution in [0.2, 0.25) is 0 Å². The molecule has 0 radical (unpaired) electrons. The second-order valence-electron chi connectivity index (χ2n) is 13.6.